The number of aliphatic hydroxyl groups is 1. The molecule has 1 unspecified atom stereocenters. The van der Waals surface area contributed by atoms with Gasteiger partial charge in [0.15, 0.2) is 0 Å². The largest absolute Gasteiger partial charge is 0.478 e. The Kier molecular flexibility index (Phi) is 10.00. The fourth-order valence-electron chi connectivity index (χ4n) is 4.11. The molecule has 1 aromatic rings. The summed E-state index contributed by atoms with van der Waals surface area (Å²) < 4.78 is 12.9. The van der Waals surface area contributed by atoms with Gasteiger partial charge in [-0.05, 0) is 46.1 Å². The molecule has 0 bridgehead atoms. The molecule has 1 heterocycles. The summed E-state index contributed by atoms with van der Waals surface area (Å²) in [7, 11) is 0. The number of hydrogen-bond donors (Lipinski definition) is 4. The van der Waals surface area contributed by atoms with Crippen molar-refractivity contribution < 1.29 is 34.1 Å². The van der Waals surface area contributed by atoms with E-state index in [0.29, 0.717) is 19.3 Å². The van der Waals surface area contributed by atoms with Crippen LogP contribution in [-0.2, 0) is 19.1 Å². The molecule has 1 aliphatic rings. The molecule has 0 fully saturated rings. The summed E-state index contributed by atoms with van der Waals surface area (Å²) in [6, 6.07) is -2.97. The lowest BCUT2D eigenvalue weighted by Gasteiger charge is -2.42. The van der Waals surface area contributed by atoms with Gasteiger partial charge in [0.1, 0.15) is 17.3 Å². The van der Waals surface area contributed by atoms with Crippen molar-refractivity contribution in [1.82, 2.24) is 25.6 Å². The van der Waals surface area contributed by atoms with Crippen LogP contribution in [-0.4, -0.2) is 73.1 Å². The quantitative estimate of drug-likeness (QED) is 0.370. The van der Waals surface area contributed by atoms with Crippen LogP contribution in [0.1, 0.15) is 85.6 Å². The highest BCUT2D eigenvalue weighted by atomic mass is 16.6. The molecular weight excluding hydrogens is 470 g/mol. The molecule has 1 aromatic heterocycles. The lowest BCUT2D eigenvalue weighted by Crippen LogP contribution is -2.63. The third kappa shape index (κ3) is 7.50. The number of amides is 2. The molecular formula is C24H39N5O7. The summed E-state index contributed by atoms with van der Waals surface area (Å²) in [5.74, 6) is -1.63. The smallest absolute Gasteiger partial charge is 0.408 e. The third-order valence-corrected chi connectivity index (χ3v) is 5.85. The number of rotatable bonds is 10. The van der Waals surface area contributed by atoms with Crippen molar-refractivity contribution in [3.63, 3.8) is 0 Å². The first-order valence-corrected chi connectivity index (χ1v) is 12.3. The summed E-state index contributed by atoms with van der Waals surface area (Å²) in [4.78, 5) is 37.5. The third-order valence-electron chi connectivity index (χ3n) is 5.85. The fourth-order valence-corrected chi connectivity index (χ4v) is 4.11. The number of nitrogens with one attached hydrogen (secondary N) is 2. The minimum absolute atomic E-state index is 0.101. The Morgan fingerprint density at radius 2 is 1.75 bits per heavy atom. The van der Waals surface area contributed by atoms with E-state index in [0.717, 1.165) is 0 Å². The van der Waals surface area contributed by atoms with Crippen molar-refractivity contribution in [2.45, 2.75) is 110 Å². The highest BCUT2D eigenvalue weighted by Gasteiger charge is 2.47. The molecule has 0 aliphatic heterocycles. The lowest BCUT2D eigenvalue weighted by atomic mass is 9.83. The van der Waals surface area contributed by atoms with Crippen molar-refractivity contribution >= 4 is 18.0 Å². The second kappa shape index (κ2) is 12.3. The van der Waals surface area contributed by atoms with Gasteiger partial charge in [0, 0.05) is 6.92 Å². The van der Waals surface area contributed by atoms with Crippen LogP contribution in [0.4, 0.5) is 4.79 Å². The molecule has 5 atom stereocenters. The standard InChI is InChI=1S/C24H39N5O7/c1-8-14(9-2)35-18-11-15(22(32)33)21(29-12-16(27-28-29)17(31)10-3)20(19(18)25-13(4)30)26-23(34)36-24(5,6)7/h11-12,14,17-21,31H,8-10H2,1-7H3,(H,25,30)(H,26,34)(H,32,33)/t17?,18-,19+,20-,21+/m1/s1. The van der Waals surface area contributed by atoms with Gasteiger partial charge in [0.05, 0.1) is 42.2 Å². The highest BCUT2D eigenvalue weighted by molar-refractivity contribution is 5.88. The van der Waals surface area contributed by atoms with Gasteiger partial charge in [-0.2, -0.15) is 0 Å². The van der Waals surface area contributed by atoms with E-state index < -0.39 is 48.0 Å². The number of aliphatic hydroxyl groups excluding tert-OH is 1. The molecule has 0 radical (unpaired) electrons. The van der Waals surface area contributed by atoms with Crippen molar-refractivity contribution in [3.8, 4) is 0 Å². The SMILES string of the molecule is CCC(CC)O[C@@H]1C=C(C(=O)O)[C@H](n2cc(C(O)CC)nn2)[C@H](NC(=O)OC(C)(C)C)[C@H]1NC(C)=O. The zero-order valence-electron chi connectivity index (χ0n) is 22.0. The number of carboxylic acids is 1. The van der Waals surface area contributed by atoms with Crippen LogP contribution in [0.15, 0.2) is 17.8 Å². The van der Waals surface area contributed by atoms with Crippen molar-refractivity contribution in [2.24, 2.45) is 0 Å². The van der Waals surface area contributed by atoms with Crippen LogP contribution in [0.3, 0.4) is 0 Å². The van der Waals surface area contributed by atoms with Gasteiger partial charge in [0.2, 0.25) is 5.91 Å². The van der Waals surface area contributed by atoms with Crippen LogP contribution in [0, 0.1) is 0 Å². The van der Waals surface area contributed by atoms with Crippen LogP contribution in [0.25, 0.3) is 0 Å². The first-order valence-electron chi connectivity index (χ1n) is 12.3. The zero-order valence-corrected chi connectivity index (χ0v) is 22.0. The fraction of sp³-hybridized carbons (Fsp3) is 0.708. The Balaban J connectivity index is 2.66. The van der Waals surface area contributed by atoms with E-state index in [1.165, 1.54) is 23.9 Å². The summed E-state index contributed by atoms with van der Waals surface area (Å²) in [6.07, 6.45) is 1.85. The van der Waals surface area contributed by atoms with Gasteiger partial charge < -0.3 is 30.3 Å². The molecule has 0 aromatic carbocycles. The zero-order chi connectivity index (χ0) is 27.2. The molecule has 4 N–H and O–H groups in total. The number of carboxylic acid groups (broad SMARTS) is 1. The van der Waals surface area contributed by atoms with Crippen molar-refractivity contribution in [2.75, 3.05) is 0 Å². The molecule has 0 saturated heterocycles. The van der Waals surface area contributed by atoms with Gasteiger partial charge in [-0.3, -0.25) is 4.79 Å². The maximum Gasteiger partial charge on any atom is 0.408 e. The molecule has 2 rings (SSSR count). The second-order valence-corrected chi connectivity index (χ2v) is 9.86. The van der Waals surface area contributed by atoms with Gasteiger partial charge in [-0.1, -0.05) is 26.0 Å². The maximum absolute atomic E-state index is 12.9. The Bertz CT molecular complexity index is 951. The Hall–Kier alpha value is -2.99. The molecule has 1 aliphatic carbocycles. The number of carbonyl (C=O) groups excluding carboxylic acids is 2. The topological polar surface area (TPSA) is 165 Å². The van der Waals surface area contributed by atoms with Crippen molar-refractivity contribution in [1.29, 1.82) is 0 Å². The summed E-state index contributed by atoms with van der Waals surface area (Å²) in [5.41, 5.74) is -0.666. The molecule has 2 amide bonds. The van der Waals surface area contributed by atoms with Gasteiger partial charge in [0.25, 0.3) is 0 Å². The minimum Gasteiger partial charge on any atom is -0.478 e. The Labute approximate surface area is 211 Å². The van der Waals surface area contributed by atoms with Gasteiger partial charge in [-0.25, -0.2) is 14.3 Å². The number of nitrogens with zero attached hydrogens (tertiary/aromatic N) is 3. The predicted octanol–water partition coefficient (Wildman–Crippen LogP) is 2.26. The van der Waals surface area contributed by atoms with E-state index in [2.05, 4.69) is 20.9 Å². The normalized spacial score (nSPS) is 23.1. The summed E-state index contributed by atoms with van der Waals surface area (Å²) >= 11 is 0. The molecule has 0 spiro atoms. The number of hydrogen-bond acceptors (Lipinski definition) is 8. The van der Waals surface area contributed by atoms with E-state index in [-0.39, 0.29) is 23.3 Å². The van der Waals surface area contributed by atoms with Crippen LogP contribution < -0.4 is 10.6 Å². The van der Waals surface area contributed by atoms with E-state index in [4.69, 9.17) is 9.47 Å². The lowest BCUT2D eigenvalue weighted by molar-refractivity contribution is -0.134. The van der Waals surface area contributed by atoms with E-state index in [1.54, 1.807) is 27.7 Å². The average molecular weight is 510 g/mol. The van der Waals surface area contributed by atoms with Gasteiger partial charge in [-0.15, -0.1) is 5.10 Å². The van der Waals surface area contributed by atoms with E-state index in [1.807, 2.05) is 13.8 Å². The highest BCUT2D eigenvalue weighted by Crippen LogP contribution is 2.33. The van der Waals surface area contributed by atoms with Crippen LogP contribution >= 0.6 is 0 Å². The summed E-state index contributed by atoms with van der Waals surface area (Å²) in [5, 5.41) is 34.0. The molecule has 0 saturated carbocycles. The Morgan fingerprint density at radius 1 is 1.11 bits per heavy atom. The number of alkyl carbamates (subject to hydrolysis) is 1. The van der Waals surface area contributed by atoms with Gasteiger partial charge >= 0.3 is 12.1 Å². The minimum atomic E-state index is -1.25. The molecule has 202 valence electrons. The number of carbonyl (C=O) groups is 3. The van der Waals surface area contributed by atoms with E-state index in [9.17, 15) is 24.6 Å². The molecule has 12 nitrogen and oxygen atoms in total. The predicted molar refractivity (Wildman–Crippen MR) is 130 cm³/mol. The molecule has 36 heavy (non-hydrogen) atoms. The number of aromatic nitrogens is 3. The second-order valence-electron chi connectivity index (χ2n) is 9.86. The average Bonchev–Trinajstić information content (AvgIpc) is 3.26. The van der Waals surface area contributed by atoms with E-state index >= 15 is 0 Å². The number of ether oxygens (including phenoxy) is 2. The number of aliphatic carboxylic acids is 1. The maximum atomic E-state index is 12.9. The summed E-state index contributed by atoms with van der Waals surface area (Å²) in [6.45, 7) is 12.1. The molecule has 12 heteroatoms. The first-order chi connectivity index (χ1) is 16.8. The Morgan fingerprint density at radius 3 is 2.25 bits per heavy atom. The van der Waals surface area contributed by atoms with Crippen LogP contribution in [0.2, 0.25) is 0 Å². The van der Waals surface area contributed by atoms with Crippen LogP contribution in [0.5, 0.6) is 0 Å². The van der Waals surface area contributed by atoms with Crippen molar-refractivity contribution in [3.05, 3.63) is 23.5 Å². The monoisotopic (exact) mass is 509 g/mol. The first kappa shape index (κ1) is 29.2.